The van der Waals surface area contributed by atoms with Crippen molar-refractivity contribution in [2.75, 3.05) is 0 Å². The van der Waals surface area contributed by atoms with Gasteiger partial charge in [-0.3, -0.25) is 9.59 Å². The number of allylic oxidation sites excluding steroid dienone is 4. The third-order valence-electron chi connectivity index (χ3n) is 8.21. The van der Waals surface area contributed by atoms with Gasteiger partial charge in [-0.25, -0.2) is 0 Å². The van der Waals surface area contributed by atoms with Gasteiger partial charge < -0.3 is 9.47 Å². The summed E-state index contributed by atoms with van der Waals surface area (Å²) in [5.74, 6) is 1.79. The first-order valence-electron chi connectivity index (χ1n) is 12.3. The molecular formula is C29H36O4. The largest absolute Gasteiger partial charge is 0.489 e. The number of ketones is 1. The van der Waals surface area contributed by atoms with Gasteiger partial charge in [-0.2, -0.15) is 0 Å². The molecule has 0 saturated heterocycles. The molecule has 3 aliphatic rings. The molecule has 0 amide bonds. The molecule has 1 aromatic rings. The van der Waals surface area contributed by atoms with Crippen LogP contribution < -0.4 is 0 Å². The summed E-state index contributed by atoms with van der Waals surface area (Å²) in [6, 6.07) is 9.92. The van der Waals surface area contributed by atoms with Gasteiger partial charge in [0.05, 0.1) is 5.57 Å². The van der Waals surface area contributed by atoms with E-state index in [4.69, 9.17) is 9.47 Å². The molecule has 0 heterocycles. The van der Waals surface area contributed by atoms with E-state index in [9.17, 15) is 9.59 Å². The minimum Gasteiger partial charge on any atom is -0.489 e. The fourth-order valence-electron chi connectivity index (χ4n) is 6.58. The Morgan fingerprint density at radius 1 is 1.12 bits per heavy atom. The second-order valence-electron chi connectivity index (χ2n) is 10.2. The van der Waals surface area contributed by atoms with Crippen molar-refractivity contribution < 1.29 is 19.1 Å². The molecule has 33 heavy (non-hydrogen) atoms. The average Bonchev–Trinajstić information content (AvgIpc) is 3.12. The minimum absolute atomic E-state index is 0.0208. The number of rotatable bonds is 7. The highest BCUT2D eigenvalue weighted by atomic mass is 16.5. The van der Waals surface area contributed by atoms with Crippen LogP contribution in [-0.4, -0.2) is 17.9 Å². The van der Waals surface area contributed by atoms with Gasteiger partial charge >= 0.3 is 5.97 Å². The van der Waals surface area contributed by atoms with Crippen LogP contribution in [0.25, 0.3) is 0 Å². The van der Waals surface area contributed by atoms with E-state index in [0.29, 0.717) is 35.7 Å². The quantitative estimate of drug-likeness (QED) is 0.212. The highest BCUT2D eigenvalue weighted by Gasteiger charge is 2.55. The number of carbonyl (C=O) groups is 2. The molecular weight excluding hydrogens is 412 g/mol. The van der Waals surface area contributed by atoms with Crippen LogP contribution in [0.1, 0.15) is 64.9 Å². The smallest absolute Gasteiger partial charge is 0.302 e. The molecule has 2 fully saturated rings. The third kappa shape index (κ3) is 4.85. The number of ether oxygens (including phenoxy) is 2. The van der Waals surface area contributed by atoms with Gasteiger partial charge in [-0.15, -0.1) is 0 Å². The molecule has 4 nitrogen and oxygen atoms in total. The summed E-state index contributed by atoms with van der Waals surface area (Å²) in [7, 11) is 0. The highest BCUT2D eigenvalue weighted by molar-refractivity contribution is 5.97. The first-order valence-corrected chi connectivity index (χ1v) is 12.3. The second-order valence-corrected chi connectivity index (χ2v) is 10.2. The molecule has 5 atom stereocenters. The van der Waals surface area contributed by atoms with Gasteiger partial charge in [0.2, 0.25) is 0 Å². The summed E-state index contributed by atoms with van der Waals surface area (Å²) in [6.07, 6.45) is 10.7. The minimum atomic E-state index is -0.170. The van der Waals surface area contributed by atoms with E-state index in [2.05, 4.69) is 19.6 Å². The number of esters is 1. The van der Waals surface area contributed by atoms with Crippen molar-refractivity contribution in [1.82, 2.24) is 0 Å². The Labute approximate surface area is 197 Å². The van der Waals surface area contributed by atoms with Crippen LogP contribution in [0.3, 0.4) is 0 Å². The number of benzene rings is 1. The Morgan fingerprint density at radius 2 is 1.88 bits per heavy atom. The Balaban J connectivity index is 1.51. The van der Waals surface area contributed by atoms with Crippen LogP contribution in [0, 0.1) is 23.2 Å². The van der Waals surface area contributed by atoms with Crippen molar-refractivity contribution in [3.8, 4) is 0 Å². The van der Waals surface area contributed by atoms with E-state index >= 15 is 0 Å². The van der Waals surface area contributed by atoms with Gasteiger partial charge in [0, 0.05) is 12.3 Å². The Bertz CT molecular complexity index is 973. The predicted octanol–water partition coefficient (Wildman–Crippen LogP) is 6.33. The van der Waals surface area contributed by atoms with Crippen LogP contribution in [0.4, 0.5) is 0 Å². The zero-order valence-corrected chi connectivity index (χ0v) is 20.1. The van der Waals surface area contributed by atoms with Gasteiger partial charge in [0.1, 0.15) is 18.5 Å². The predicted molar refractivity (Wildman–Crippen MR) is 129 cm³/mol. The van der Waals surface area contributed by atoms with Crippen LogP contribution in [0.5, 0.6) is 0 Å². The topological polar surface area (TPSA) is 52.6 Å². The summed E-state index contributed by atoms with van der Waals surface area (Å²) in [4.78, 5) is 24.2. The average molecular weight is 449 g/mol. The van der Waals surface area contributed by atoms with E-state index in [1.165, 1.54) is 12.5 Å². The first-order chi connectivity index (χ1) is 15.8. The Hall–Kier alpha value is -2.62. The van der Waals surface area contributed by atoms with E-state index in [1.807, 2.05) is 36.4 Å². The number of hydrogen-bond acceptors (Lipinski definition) is 4. The fraction of sp³-hybridized carbons (Fsp3) is 0.517. The maximum absolute atomic E-state index is 12.5. The fourth-order valence-corrected chi connectivity index (χ4v) is 6.58. The second kappa shape index (κ2) is 9.70. The van der Waals surface area contributed by atoms with Crippen molar-refractivity contribution in [3.05, 3.63) is 71.5 Å². The summed E-state index contributed by atoms with van der Waals surface area (Å²) < 4.78 is 11.6. The molecule has 0 radical (unpaired) electrons. The van der Waals surface area contributed by atoms with E-state index < -0.39 is 0 Å². The molecule has 4 unspecified atom stereocenters. The standard InChI is InChI=1S/C29H36O4/c1-19(30)26(20(2)32-18-22-9-6-5-7-10-22)17-23-11-8-12-25-24(23)15-16-29(4)27(25)13-14-28(29)33-21(3)31/h5-7,9-11,17,24-25,27-28H,2,8,12-16,18H2,1,3-4H3/b26-17-/t24?,25?,27?,28?,29-/m0/s1. The molecule has 0 bridgehead atoms. The summed E-state index contributed by atoms with van der Waals surface area (Å²) in [5.41, 5.74) is 2.92. The lowest BCUT2D eigenvalue weighted by Gasteiger charge is -2.50. The maximum Gasteiger partial charge on any atom is 0.302 e. The van der Waals surface area contributed by atoms with Gasteiger partial charge in [0.25, 0.3) is 0 Å². The van der Waals surface area contributed by atoms with E-state index in [1.54, 1.807) is 6.92 Å². The first kappa shape index (κ1) is 23.5. The third-order valence-corrected chi connectivity index (χ3v) is 8.21. The molecule has 0 aliphatic heterocycles. The molecule has 0 spiro atoms. The zero-order chi connectivity index (χ0) is 23.6. The molecule has 1 aromatic carbocycles. The van der Waals surface area contributed by atoms with Gasteiger partial charge in [0.15, 0.2) is 5.78 Å². The Kier molecular flexibility index (Phi) is 6.92. The molecule has 4 rings (SSSR count). The maximum atomic E-state index is 12.5. The van der Waals surface area contributed by atoms with Crippen molar-refractivity contribution in [2.45, 2.75) is 72.0 Å². The number of fused-ring (bicyclic) bond motifs is 3. The zero-order valence-electron chi connectivity index (χ0n) is 20.1. The normalized spacial score (nSPS) is 31.1. The van der Waals surface area contributed by atoms with Crippen LogP contribution in [0.15, 0.2) is 66.0 Å². The molecule has 2 saturated carbocycles. The number of Topliss-reactive ketones (excluding diaryl/α,β-unsaturated/α-hetero) is 1. The van der Waals surface area contributed by atoms with Crippen LogP contribution in [0.2, 0.25) is 0 Å². The summed E-state index contributed by atoms with van der Waals surface area (Å²) in [5, 5.41) is 0. The molecule has 3 aliphatic carbocycles. The van der Waals surface area contributed by atoms with Crippen molar-refractivity contribution in [3.63, 3.8) is 0 Å². The molecule has 4 heteroatoms. The lowest BCUT2D eigenvalue weighted by molar-refractivity contribution is -0.155. The molecule has 176 valence electrons. The van der Waals surface area contributed by atoms with E-state index in [-0.39, 0.29) is 23.3 Å². The van der Waals surface area contributed by atoms with Gasteiger partial charge in [-0.05, 0) is 80.4 Å². The van der Waals surface area contributed by atoms with Gasteiger partial charge in [-0.1, -0.05) is 49.9 Å². The molecule has 0 N–H and O–H groups in total. The van der Waals surface area contributed by atoms with Crippen molar-refractivity contribution in [2.24, 2.45) is 23.2 Å². The lowest BCUT2D eigenvalue weighted by atomic mass is 9.56. The Morgan fingerprint density at radius 3 is 2.58 bits per heavy atom. The van der Waals surface area contributed by atoms with Crippen molar-refractivity contribution in [1.29, 1.82) is 0 Å². The van der Waals surface area contributed by atoms with E-state index in [0.717, 1.165) is 44.1 Å². The van der Waals surface area contributed by atoms with Crippen LogP contribution in [-0.2, 0) is 25.7 Å². The molecule has 0 aromatic heterocycles. The number of carbonyl (C=O) groups excluding carboxylic acids is 2. The monoisotopic (exact) mass is 448 g/mol. The highest BCUT2D eigenvalue weighted by Crippen LogP contribution is 2.60. The lowest BCUT2D eigenvalue weighted by Crippen LogP contribution is -2.45. The summed E-state index contributed by atoms with van der Waals surface area (Å²) >= 11 is 0. The number of hydrogen-bond donors (Lipinski definition) is 0. The van der Waals surface area contributed by atoms with Crippen LogP contribution >= 0.6 is 0 Å². The summed E-state index contributed by atoms with van der Waals surface area (Å²) in [6.45, 7) is 9.90. The van der Waals surface area contributed by atoms with Crippen molar-refractivity contribution >= 4 is 11.8 Å². The SMILES string of the molecule is C=C(OCc1ccccc1)/C(=C\C1=CCCC2C1CC[C@]1(C)C(OC(C)=O)CCC21)C(C)=O.